The fourth-order valence-corrected chi connectivity index (χ4v) is 1.47. The average Bonchev–Trinajstić information content (AvgIpc) is 2.67. The van der Waals surface area contributed by atoms with Gasteiger partial charge in [-0.15, -0.1) is 0 Å². The van der Waals surface area contributed by atoms with E-state index in [0.717, 1.165) is 11.6 Å². The molecule has 0 saturated heterocycles. The van der Waals surface area contributed by atoms with Gasteiger partial charge in [0.25, 0.3) is 0 Å². The number of rotatable bonds is 3. The lowest BCUT2D eigenvalue weighted by molar-refractivity contribution is 0.428. The van der Waals surface area contributed by atoms with Gasteiger partial charge in [-0.1, -0.05) is 5.16 Å². The van der Waals surface area contributed by atoms with E-state index in [9.17, 15) is 8.78 Å². The predicted octanol–water partition coefficient (Wildman–Crippen LogP) is 2.34. The molecule has 0 aliphatic rings. The number of nitrogens with zero attached hydrogens (tertiary/aromatic N) is 1. The van der Waals surface area contributed by atoms with E-state index < -0.39 is 11.6 Å². The molecular weight excluding hydrogens is 214 g/mol. The minimum atomic E-state index is -0.658. The van der Waals surface area contributed by atoms with Crippen LogP contribution in [0.5, 0.6) is 0 Å². The van der Waals surface area contributed by atoms with Gasteiger partial charge in [0.1, 0.15) is 11.6 Å². The van der Waals surface area contributed by atoms with Crippen LogP contribution in [0.3, 0.4) is 0 Å². The van der Waals surface area contributed by atoms with E-state index in [2.05, 4.69) is 10.5 Å². The van der Waals surface area contributed by atoms with Crippen molar-refractivity contribution in [1.82, 2.24) is 10.5 Å². The summed E-state index contributed by atoms with van der Waals surface area (Å²) >= 11 is 0. The van der Waals surface area contributed by atoms with Crippen molar-refractivity contribution in [2.45, 2.75) is 6.54 Å². The first-order valence-electron chi connectivity index (χ1n) is 4.76. The summed E-state index contributed by atoms with van der Waals surface area (Å²) in [6, 6.07) is 3.34. The maximum atomic E-state index is 13.5. The van der Waals surface area contributed by atoms with Crippen molar-refractivity contribution in [2.24, 2.45) is 0 Å². The van der Waals surface area contributed by atoms with E-state index >= 15 is 0 Å². The van der Waals surface area contributed by atoms with Gasteiger partial charge >= 0.3 is 0 Å². The Labute approximate surface area is 91.1 Å². The van der Waals surface area contributed by atoms with Gasteiger partial charge in [0, 0.05) is 18.2 Å². The highest BCUT2D eigenvalue weighted by Crippen LogP contribution is 2.26. The monoisotopic (exact) mass is 224 g/mol. The summed E-state index contributed by atoms with van der Waals surface area (Å²) in [4.78, 5) is 0. The van der Waals surface area contributed by atoms with Crippen molar-refractivity contribution in [2.75, 3.05) is 7.05 Å². The Bertz CT molecular complexity index is 496. The number of hydrogen-bond acceptors (Lipinski definition) is 3. The Morgan fingerprint density at radius 2 is 2.19 bits per heavy atom. The third kappa shape index (κ3) is 1.94. The zero-order valence-electron chi connectivity index (χ0n) is 8.63. The largest absolute Gasteiger partial charge is 0.356 e. The highest BCUT2D eigenvalue weighted by atomic mass is 19.1. The lowest BCUT2D eigenvalue weighted by Gasteiger charge is -2.02. The lowest BCUT2D eigenvalue weighted by atomic mass is 10.1. The smallest absolute Gasteiger partial charge is 0.174 e. The molecule has 0 aliphatic carbocycles. The molecule has 0 saturated carbocycles. The Balaban J connectivity index is 2.46. The molecule has 1 aromatic carbocycles. The fourth-order valence-electron chi connectivity index (χ4n) is 1.47. The first-order valence-corrected chi connectivity index (χ1v) is 4.76. The van der Waals surface area contributed by atoms with Crippen LogP contribution in [-0.4, -0.2) is 12.2 Å². The van der Waals surface area contributed by atoms with E-state index in [1.165, 1.54) is 18.3 Å². The topological polar surface area (TPSA) is 38.1 Å². The van der Waals surface area contributed by atoms with Gasteiger partial charge in [-0.2, -0.15) is 0 Å². The van der Waals surface area contributed by atoms with E-state index in [0.29, 0.717) is 12.3 Å². The van der Waals surface area contributed by atoms with Gasteiger partial charge in [-0.3, -0.25) is 0 Å². The van der Waals surface area contributed by atoms with Crippen molar-refractivity contribution in [3.05, 3.63) is 41.6 Å². The first kappa shape index (κ1) is 10.8. The summed E-state index contributed by atoms with van der Waals surface area (Å²) in [5.74, 6) is -0.947. The zero-order valence-corrected chi connectivity index (χ0v) is 8.63. The van der Waals surface area contributed by atoms with Crippen molar-refractivity contribution >= 4 is 0 Å². The zero-order chi connectivity index (χ0) is 11.5. The molecule has 0 bridgehead atoms. The van der Waals surface area contributed by atoms with Gasteiger partial charge < -0.3 is 9.84 Å². The molecule has 0 aliphatic heterocycles. The molecule has 0 spiro atoms. The summed E-state index contributed by atoms with van der Waals surface area (Å²) in [5, 5.41) is 6.52. The molecule has 0 fully saturated rings. The molecule has 5 heteroatoms. The quantitative estimate of drug-likeness (QED) is 0.869. The first-order chi connectivity index (χ1) is 7.72. The van der Waals surface area contributed by atoms with Crippen LogP contribution in [0.1, 0.15) is 5.56 Å². The fraction of sp³-hybridized carbons (Fsp3) is 0.182. The van der Waals surface area contributed by atoms with E-state index in [4.69, 9.17) is 4.52 Å². The van der Waals surface area contributed by atoms with Gasteiger partial charge in [0.2, 0.25) is 0 Å². The molecule has 3 nitrogen and oxygen atoms in total. The Morgan fingerprint density at radius 3 is 2.88 bits per heavy atom. The molecule has 16 heavy (non-hydrogen) atoms. The van der Waals surface area contributed by atoms with Crippen LogP contribution < -0.4 is 5.32 Å². The van der Waals surface area contributed by atoms with Crippen molar-refractivity contribution in [3.8, 4) is 11.3 Å². The molecule has 0 atom stereocenters. The summed E-state index contributed by atoms with van der Waals surface area (Å²) in [6.07, 6.45) is 1.51. The van der Waals surface area contributed by atoms with Crippen molar-refractivity contribution in [3.63, 3.8) is 0 Å². The second kappa shape index (κ2) is 4.40. The average molecular weight is 224 g/mol. The van der Waals surface area contributed by atoms with Crippen molar-refractivity contribution < 1.29 is 13.3 Å². The van der Waals surface area contributed by atoms with Crippen LogP contribution in [0.2, 0.25) is 0 Å². The molecule has 0 radical (unpaired) electrons. The lowest BCUT2D eigenvalue weighted by Crippen LogP contribution is -2.05. The molecule has 1 N–H and O–H groups in total. The van der Waals surface area contributed by atoms with Crippen LogP contribution in [0.4, 0.5) is 8.78 Å². The van der Waals surface area contributed by atoms with Crippen LogP contribution in [0.25, 0.3) is 11.3 Å². The number of halogens is 2. The van der Waals surface area contributed by atoms with Gasteiger partial charge in [0.15, 0.2) is 5.76 Å². The number of hydrogen-bond donors (Lipinski definition) is 1. The highest BCUT2D eigenvalue weighted by molar-refractivity contribution is 5.61. The van der Waals surface area contributed by atoms with Gasteiger partial charge in [-0.05, 0) is 19.2 Å². The van der Waals surface area contributed by atoms with Crippen LogP contribution in [0.15, 0.2) is 28.9 Å². The summed E-state index contributed by atoms with van der Waals surface area (Å²) < 4.78 is 31.2. The Morgan fingerprint density at radius 1 is 1.38 bits per heavy atom. The normalized spacial score (nSPS) is 10.7. The SMILES string of the molecule is CNCc1cnoc1-c1ccc(F)cc1F. The number of aromatic nitrogens is 1. The summed E-state index contributed by atoms with van der Waals surface area (Å²) in [6.45, 7) is 0.510. The summed E-state index contributed by atoms with van der Waals surface area (Å²) in [5.41, 5.74) is 0.942. The second-order valence-corrected chi connectivity index (χ2v) is 3.33. The minimum Gasteiger partial charge on any atom is -0.356 e. The number of nitrogens with one attached hydrogen (secondary N) is 1. The molecule has 1 aromatic heterocycles. The van der Waals surface area contributed by atoms with E-state index in [-0.39, 0.29) is 5.56 Å². The van der Waals surface area contributed by atoms with Crippen LogP contribution >= 0.6 is 0 Å². The van der Waals surface area contributed by atoms with Crippen LogP contribution in [0, 0.1) is 11.6 Å². The van der Waals surface area contributed by atoms with Gasteiger partial charge in [-0.25, -0.2) is 8.78 Å². The van der Waals surface area contributed by atoms with E-state index in [1.807, 2.05) is 0 Å². The third-order valence-corrected chi connectivity index (χ3v) is 2.19. The van der Waals surface area contributed by atoms with Crippen LogP contribution in [-0.2, 0) is 6.54 Å². The standard InChI is InChI=1S/C11H10F2N2O/c1-14-5-7-6-15-16-11(7)9-3-2-8(12)4-10(9)13/h2-4,6,14H,5H2,1H3. The molecule has 2 rings (SSSR count). The maximum absolute atomic E-state index is 13.5. The minimum absolute atomic E-state index is 0.212. The number of benzene rings is 1. The maximum Gasteiger partial charge on any atom is 0.174 e. The third-order valence-electron chi connectivity index (χ3n) is 2.19. The van der Waals surface area contributed by atoms with Crippen molar-refractivity contribution in [1.29, 1.82) is 0 Å². The molecule has 1 heterocycles. The molecule has 0 unspecified atom stereocenters. The Kier molecular flexibility index (Phi) is 2.96. The summed E-state index contributed by atoms with van der Waals surface area (Å²) in [7, 11) is 1.76. The Hall–Kier alpha value is -1.75. The molecule has 0 amide bonds. The second-order valence-electron chi connectivity index (χ2n) is 3.33. The molecule has 2 aromatic rings. The molecule has 84 valence electrons. The molecular formula is C11H10F2N2O. The van der Waals surface area contributed by atoms with E-state index in [1.54, 1.807) is 7.05 Å². The van der Waals surface area contributed by atoms with Gasteiger partial charge in [0.05, 0.1) is 11.8 Å². The predicted molar refractivity (Wildman–Crippen MR) is 54.6 cm³/mol. The highest BCUT2D eigenvalue weighted by Gasteiger charge is 2.14.